The van der Waals surface area contributed by atoms with Crippen LogP contribution >= 0.6 is 11.3 Å². The van der Waals surface area contributed by atoms with Gasteiger partial charge < -0.3 is 15.5 Å². The fourth-order valence-corrected chi connectivity index (χ4v) is 3.01. The highest BCUT2D eigenvalue weighted by atomic mass is 32.1. The first-order chi connectivity index (χ1) is 10.7. The van der Waals surface area contributed by atoms with Gasteiger partial charge in [-0.15, -0.1) is 0 Å². The van der Waals surface area contributed by atoms with Crippen molar-refractivity contribution in [2.45, 2.75) is 6.10 Å². The molecule has 2 aromatic carbocycles. The second kappa shape index (κ2) is 6.17. The van der Waals surface area contributed by atoms with Crippen LogP contribution in [-0.2, 0) is 0 Å². The Bertz CT molecular complexity index is 799. The summed E-state index contributed by atoms with van der Waals surface area (Å²) in [7, 11) is 0. The smallest absolute Gasteiger partial charge is 0.255 e. The number of nitrogens with one attached hydrogen (secondary N) is 1. The molecule has 22 heavy (non-hydrogen) atoms. The van der Waals surface area contributed by atoms with Crippen LogP contribution in [0.15, 0.2) is 53.2 Å². The first kappa shape index (κ1) is 14.6. The van der Waals surface area contributed by atoms with Gasteiger partial charge in [0.2, 0.25) is 0 Å². The van der Waals surface area contributed by atoms with Crippen molar-refractivity contribution in [1.29, 1.82) is 0 Å². The molecule has 4 nitrogen and oxygen atoms in total. The lowest BCUT2D eigenvalue weighted by Gasteiger charge is -2.12. The molecule has 0 bridgehead atoms. The molecule has 0 fully saturated rings. The van der Waals surface area contributed by atoms with Crippen molar-refractivity contribution in [2.75, 3.05) is 6.54 Å². The fraction of sp³-hybridized carbons (Fsp3) is 0.118. The van der Waals surface area contributed by atoms with E-state index in [0.29, 0.717) is 5.39 Å². The summed E-state index contributed by atoms with van der Waals surface area (Å²) in [6.45, 7) is 0.0990. The van der Waals surface area contributed by atoms with E-state index >= 15 is 0 Å². The number of phenols is 1. The Morgan fingerprint density at radius 3 is 2.77 bits per heavy atom. The number of carbonyl (C=O) groups is 1. The van der Waals surface area contributed by atoms with Crippen LogP contribution in [0.4, 0.5) is 0 Å². The largest absolute Gasteiger partial charge is 0.506 e. The van der Waals surface area contributed by atoms with Crippen molar-refractivity contribution in [3.8, 4) is 5.75 Å². The number of phenolic OH excluding ortho intramolecular Hbond substituents is 1. The first-order valence-corrected chi connectivity index (χ1v) is 7.80. The van der Waals surface area contributed by atoms with Crippen molar-refractivity contribution in [3.05, 3.63) is 64.4 Å². The molecule has 1 unspecified atom stereocenters. The Hall–Kier alpha value is -2.37. The zero-order valence-electron chi connectivity index (χ0n) is 11.7. The van der Waals surface area contributed by atoms with Crippen LogP contribution in [-0.4, -0.2) is 22.7 Å². The van der Waals surface area contributed by atoms with Crippen LogP contribution in [0.5, 0.6) is 5.75 Å². The molecule has 0 radical (unpaired) electrons. The maximum atomic E-state index is 12.2. The number of aliphatic hydroxyl groups is 1. The number of carbonyl (C=O) groups excluding carboxylic acids is 1. The highest BCUT2D eigenvalue weighted by molar-refractivity contribution is 7.07. The van der Waals surface area contributed by atoms with Crippen LogP contribution in [0.3, 0.4) is 0 Å². The van der Waals surface area contributed by atoms with E-state index in [1.165, 1.54) is 11.3 Å². The number of hydrogen-bond acceptors (Lipinski definition) is 4. The van der Waals surface area contributed by atoms with Gasteiger partial charge in [0.05, 0.1) is 11.7 Å². The van der Waals surface area contributed by atoms with E-state index in [9.17, 15) is 15.0 Å². The SMILES string of the molecule is O=C(NCC(O)c1ccsc1)c1ccc2ccccc2c1O. The Morgan fingerprint density at radius 1 is 1.18 bits per heavy atom. The van der Waals surface area contributed by atoms with Crippen molar-refractivity contribution >= 4 is 28.0 Å². The van der Waals surface area contributed by atoms with Gasteiger partial charge in [0.25, 0.3) is 5.91 Å². The third kappa shape index (κ3) is 2.81. The summed E-state index contributed by atoms with van der Waals surface area (Å²) < 4.78 is 0. The number of aliphatic hydroxyl groups excluding tert-OH is 1. The van der Waals surface area contributed by atoms with E-state index in [2.05, 4.69) is 5.32 Å². The lowest BCUT2D eigenvalue weighted by atomic mass is 10.0. The van der Waals surface area contributed by atoms with Gasteiger partial charge in [-0.25, -0.2) is 0 Å². The molecular formula is C17H15NO3S. The quantitative estimate of drug-likeness (QED) is 0.693. The molecule has 0 saturated heterocycles. The van der Waals surface area contributed by atoms with Crippen molar-refractivity contribution in [3.63, 3.8) is 0 Å². The van der Waals surface area contributed by atoms with E-state index < -0.39 is 12.0 Å². The average molecular weight is 313 g/mol. The molecule has 1 amide bonds. The number of hydrogen-bond donors (Lipinski definition) is 3. The van der Waals surface area contributed by atoms with Gasteiger partial charge in [0.15, 0.2) is 0 Å². The normalized spacial score (nSPS) is 12.2. The topological polar surface area (TPSA) is 69.6 Å². The van der Waals surface area contributed by atoms with Crippen LogP contribution in [0.1, 0.15) is 22.0 Å². The molecule has 0 spiro atoms. The molecule has 0 saturated carbocycles. The number of benzene rings is 2. The van der Waals surface area contributed by atoms with E-state index in [4.69, 9.17) is 0 Å². The minimum atomic E-state index is -0.752. The first-order valence-electron chi connectivity index (χ1n) is 6.86. The minimum absolute atomic E-state index is 0.0411. The zero-order chi connectivity index (χ0) is 15.5. The second-order valence-corrected chi connectivity index (χ2v) is 5.75. The van der Waals surface area contributed by atoms with Gasteiger partial charge in [-0.05, 0) is 33.8 Å². The van der Waals surface area contributed by atoms with Gasteiger partial charge in [0, 0.05) is 11.9 Å². The molecule has 0 aliphatic heterocycles. The molecule has 112 valence electrons. The fourth-order valence-electron chi connectivity index (χ4n) is 2.31. The highest BCUT2D eigenvalue weighted by Crippen LogP contribution is 2.28. The summed E-state index contributed by atoms with van der Waals surface area (Å²) in [4.78, 5) is 12.2. The van der Waals surface area contributed by atoms with Crippen molar-refractivity contribution < 1.29 is 15.0 Å². The van der Waals surface area contributed by atoms with Crippen LogP contribution < -0.4 is 5.32 Å². The molecule has 3 aromatic rings. The van der Waals surface area contributed by atoms with Crippen molar-refractivity contribution in [2.24, 2.45) is 0 Å². The standard InChI is InChI=1S/C17H15NO3S/c19-15(12-7-8-22-10-12)9-18-17(21)14-6-5-11-3-1-2-4-13(11)16(14)20/h1-8,10,15,19-20H,9H2,(H,18,21). The zero-order valence-corrected chi connectivity index (χ0v) is 12.5. The van der Waals surface area contributed by atoms with Crippen LogP contribution in [0, 0.1) is 0 Å². The molecule has 1 aromatic heterocycles. The van der Waals surface area contributed by atoms with Gasteiger partial charge in [-0.2, -0.15) is 11.3 Å². The maximum Gasteiger partial charge on any atom is 0.255 e. The predicted octanol–water partition coefficient (Wildman–Crippen LogP) is 3.07. The molecule has 0 aliphatic rings. The lowest BCUT2D eigenvalue weighted by molar-refractivity contribution is 0.0914. The molecule has 1 heterocycles. The number of aromatic hydroxyl groups is 1. The third-order valence-corrected chi connectivity index (χ3v) is 4.23. The summed E-state index contributed by atoms with van der Waals surface area (Å²) in [5, 5.41) is 28.1. The lowest BCUT2D eigenvalue weighted by Crippen LogP contribution is -2.28. The van der Waals surface area contributed by atoms with E-state index in [1.807, 2.05) is 35.0 Å². The average Bonchev–Trinajstić information content (AvgIpc) is 3.07. The molecular weight excluding hydrogens is 298 g/mol. The molecule has 0 aliphatic carbocycles. The summed E-state index contributed by atoms with van der Waals surface area (Å²) >= 11 is 1.49. The molecule has 5 heteroatoms. The summed E-state index contributed by atoms with van der Waals surface area (Å²) in [6, 6.07) is 12.5. The predicted molar refractivity (Wildman–Crippen MR) is 87.2 cm³/mol. The van der Waals surface area contributed by atoms with Gasteiger partial charge in [-0.1, -0.05) is 30.3 Å². The minimum Gasteiger partial charge on any atom is -0.506 e. The van der Waals surface area contributed by atoms with Gasteiger partial charge in [0.1, 0.15) is 5.75 Å². The van der Waals surface area contributed by atoms with Crippen molar-refractivity contribution in [1.82, 2.24) is 5.32 Å². The number of fused-ring (bicyclic) bond motifs is 1. The van der Waals surface area contributed by atoms with Crippen LogP contribution in [0.25, 0.3) is 10.8 Å². The Labute approximate surface area is 131 Å². The molecule has 3 N–H and O–H groups in total. The summed E-state index contributed by atoms with van der Waals surface area (Å²) in [6.07, 6.45) is -0.752. The maximum absolute atomic E-state index is 12.2. The monoisotopic (exact) mass is 313 g/mol. The van der Waals surface area contributed by atoms with Crippen LogP contribution in [0.2, 0.25) is 0 Å². The Morgan fingerprint density at radius 2 is 2.00 bits per heavy atom. The highest BCUT2D eigenvalue weighted by Gasteiger charge is 2.15. The van der Waals surface area contributed by atoms with Gasteiger partial charge in [-0.3, -0.25) is 4.79 Å². The third-order valence-electron chi connectivity index (χ3n) is 3.53. The molecule has 3 rings (SSSR count). The number of thiophene rings is 1. The van der Waals surface area contributed by atoms with E-state index in [1.54, 1.807) is 18.2 Å². The van der Waals surface area contributed by atoms with E-state index in [0.717, 1.165) is 10.9 Å². The number of rotatable bonds is 4. The number of amides is 1. The Balaban J connectivity index is 1.76. The second-order valence-electron chi connectivity index (χ2n) is 4.97. The van der Waals surface area contributed by atoms with E-state index in [-0.39, 0.29) is 17.9 Å². The summed E-state index contributed by atoms with van der Waals surface area (Å²) in [5.41, 5.74) is 0.976. The molecule has 1 atom stereocenters. The van der Waals surface area contributed by atoms with Gasteiger partial charge >= 0.3 is 0 Å². The Kier molecular flexibility index (Phi) is 4.09. The summed E-state index contributed by atoms with van der Waals surface area (Å²) in [5.74, 6) is -0.446.